The topological polar surface area (TPSA) is 94.1 Å². The quantitative estimate of drug-likeness (QED) is 0.918. The number of halogens is 1. The molecule has 0 aliphatic heterocycles. The second kappa shape index (κ2) is 5.59. The third-order valence-electron chi connectivity index (χ3n) is 2.25. The van der Waals surface area contributed by atoms with Crippen molar-refractivity contribution in [1.82, 2.24) is 15.0 Å². The van der Waals surface area contributed by atoms with Crippen LogP contribution in [0.2, 0.25) is 5.28 Å². The highest BCUT2D eigenvalue weighted by Gasteiger charge is 2.10. The molecular weight excluding hydrogens is 304 g/mol. The maximum atomic E-state index is 11.5. The average Bonchev–Trinajstić information content (AvgIpc) is 2.37. The van der Waals surface area contributed by atoms with Gasteiger partial charge in [-0.3, -0.25) is 0 Å². The van der Waals surface area contributed by atoms with Crippen LogP contribution in [-0.4, -0.2) is 36.7 Å². The zero-order valence-electron chi connectivity index (χ0n) is 10.7. The number of ether oxygens (including phenoxy) is 1. The summed E-state index contributed by atoms with van der Waals surface area (Å²) in [5, 5.41) is 2.68. The van der Waals surface area contributed by atoms with Crippen molar-refractivity contribution in [2.24, 2.45) is 0 Å². The Morgan fingerprint density at radius 3 is 2.65 bits per heavy atom. The minimum absolute atomic E-state index is 0.0278. The fourth-order valence-electron chi connectivity index (χ4n) is 1.36. The summed E-state index contributed by atoms with van der Waals surface area (Å²) in [5.41, 5.74) is 0. The SMILES string of the molecule is CNc1nc(Cl)nc(Oc2cccc(S(C)(=O)=O)c2)n1. The minimum Gasteiger partial charge on any atom is -0.424 e. The van der Waals surface area contributed by atoms with Gasteiger partial charge < -0.3 is 10.1 Å². The summed E-state index contributed by atoms with van der Waals surface area (Å²) in [7, 11) is -1.69. The van der Waals surface area contributed by atoms with E-state index in [1.807, 2.05) is 0 Å². The number of hydrogen-bond donors (Lipinski definition) is 1. The number of anilines is 1. The number of nitrogens with zero attached hydrogens (tertiary/aromatic N) is 3. The van der Waals surface area contributed by atoms with Crippen molar-refractivity contribution in [3.05, 3.63) is 29.5 Å². The molecular formula is C11H11ClN4O3S. The Balaban J connectivity index is 2.33. The molecule has 20 heavy (non-hydrogen) atoms. The van der Waals surface area contributed by atoms with Crippen LogP contribution in [0.3, 0.4) is 0 Å². The number of sulfone groups is 1. The van der Waals surface area contributed by atoms with Crippen LogP contribution in [0.1, 0.15) is 0 Å². The zero-order valence-corrected chi connectivity index (χ0v) is 12.2. The molecule has 1 aromatic heterocycles. The largest absolute Gasteiger partial charge is 0.424 e. The molecule has 0 fully saturated rings. The highest BCUT2D eigenvalue weighted by Crippen LogP contribution is 2.22. The van der Waals surface area contributed by atoms with Gasteiger partial charge in [0, 0.05) is 13.3 Å². The van der Waals surface area contributed by atoms with Crippen molar-refractivity contribution in [1.29, 1.82) is 0 Å². The van der Waals surface area contributed by atoms with Crippen LogP contribution in [0.5, 0.6) is 11.8 Å². The highest BCUT2D eigenvalue weighted by atomic mass is 35.5. The lowest BCUT2D eigenvalue weighted by Crippen LogP contribution is -2.02. The van der Waals surface area contributed by atoms with Gasteiger partial charge >= 0.3 is 6.01 Å². The molecule has 1 aromatic carbocycles. The molecule has 0 atom stereocenters. The van der Waals surface area contributed by atoms with Crippen molar-refractivity contribution >= 4 is 27.4 Å². The Morgan fingerprint density at radius 2 is 2.00 bits per heavy atom. The van der Waals surface area contributed by atoms with Crippen LogP contribution in [-0.2, 0) is 9.84 Å². The van der Waals surface area contributed by atoms with Crippen LogP contribution in [0.25, 0.3) is 0 Å². The molecule has 7 nitrogen and oxygen atoms in total. The van der Waals surface area contributed by atoms with Gasteiger partial charge in [-0.2, -0.15) is 15.0 Å². The van der Waals surface area contributed by atoms with E-state index in [4.69, 9.17) is 16.3 Å². The Morgan fingerprint density at radius 1 is 1.25 bits per heavy atom. The number of rotatable bonds is 4. The van der Waals surface area contributed by atoms with Gasteiger partial charge in [0.15, 0.2) is 9.84 Å². The highest BCUT2D eigenvalue weighted by molar-refractivity contribution is 7.90. The summed E-state index contributed by atoms with van der Waals surface area (Å²) < 4.78 is 28.3. The van der Waals surface area contributed by atoms with E-state index >= 15 is 0 Å². The fourth-order valence-corrected chi connectivity index (χ4v) is 2.17. The monoisotopic (exact) mass is 314 g/mol. The van der Waals surface area contributed by atoms with E-state index in [-0.39, 0.29) is 27.9 Å². The maximum absolute atomic E-state index is 11.5. The number of aromatic nitrogens is 3. The molecule has 0 bridgehead atoms. The predicted molar refractivity (Wildman–Crippen MR) is 74.0 cm³/mol. The molecule has 0 spiro atoms. The van der Waals surface area contributed by atoms with Crippen molar-refractivity contribution in [2.45, 2.75) is 4.90 Å². The molecule has 0 saturated carbocycles. The summed E-state index contributed by atoms with van der Waals surface area (Å²) in [5.74, 6) is 0.538. The van der Waals surface area contributed by atoms with E-state index in [0.29, 0.717) is 0 Å². The third-order valence-corrected chi connectivity index (χ3v) is 3.53. The summed E-state index contributed by atoms with van der Waals surface area (Å²) in [6.07, 6.45) is 1.12. The Hall–Kier alpha value is -1.93. The van der Waals surface area contributed by atoms with Crippen LogP contribution < -0.4 is 10.1 Å². The maximum Gasteiger partial charge on any atom is 0.328 e. The lowest BCUT2D eigenvalue weighted by Gasteiger charge is -2.06. The number of nitrogens with one attached hydrogen (secondary N) is 1. The summed E-state index contributed by atoms with van der Waals surface area (Å²) >= 11 is 5.72. The van der Waals surface area contributed by atoms with Crippen LogP contribution in [0, 0.1) is 0 Å². The van der Waals surface area contributed by atoms with E-state index in [1.54, 1.807) is 19.2 Å². The molecule has 1 heterocycles. The molecule has 0 unspecified atom stereocenters. The van der Waals surface area contributed by atoms with E-state index in [0.717, 1.165) is 6.26 Å². The van der Waals surface area contributed by atoms with Crippen molar-refractivity contribution in [3.63, 3.8) is 0 Å². The van der Waals surface area contributed by atoms with Gasteiger partial charge in [-0.15, -0.1) is 0 Å². The number of hydrogen-bond acceptors (Lipinski definition) is 7. The van der Waals surface area contributed by atoms with Gasteiger partial charge in [0.1, 0.15) is 5.75 Å². The van der Waals surface area contributed by atoms with Crippen molar-refractivity contribution in [3.8, 4) is 11.8 Å². The predicted octanol–water partition coefficient (Wildman–Crippen LogP) is 1.76. The Bertz CT molecular complexity index is 736. The average molecular weight is 315 g/mol. The van der Waals surface area contributed by atoms with Gasteiger partial charge in [0.25, 0.3) is 0 Å². The smallest absolute Gasteiger partial charge is 0.328 e. The van der Waals surface area contributed by atoms with Crippen LogP contribution >= 0.6 is 11.6 Å². The van der Waals surface area contributed by atoms with E-state index in [1.165, 1.54) is 12.1 Å². The normalized spacial score (nSPS) is 11.2. The first-order valence-corrected chi connectivity index (χ1v) is 7.73. The van der Waals surface area contributed by atoms with E-state index < -0.39 is 9.84 Å². The molecule has 1 N–H and O–H groups in total. The summed E-state index contributed by atoms with van der Waals surface area (Å²) in [6, 6.07) is 5.98. The standard InChI is InChI=1S/C11H11ClN4O3S/c1-13-10-14-9(12)15-11(16-10)19-7-4-3-5-8(6-7)20(2,17)18/h3-6H,1-2H3,(H,13,14,15,16). The van der Waals surface area contributed by atoms with Gasteiger partial charge in [-0.25, -0.2) is 8.42 Å². The van der Waals surface area contributed by atoms with Gasteiger partial charge in [0.2, 0.25) is 11.2 Å². The zero-order chi connectivity index (χ0) is 14.8. The minimum atomic E-state index is -3.31. The summed E-state index contributed by atoms with van der Waals surface area (Å²) in [6.45, 7) is 0. The Labute approximate surface area is 120 Å². The molecule has 106 valence electrons. The number of benzene rings is 1. The Kier molecular flexibility index (Phi) is 4.05. The second-order valence-electron chi connectivity index (χ2n) is 3.81. The molecule has 0 radical (unpaired) electrons. The van der Waals surface area contributed by atoms with Crippen LogP contribution in [0.4, 0.5) is 5.95 Å². The molecule has 0 aliphatic carbocycles. The third kappa shape index (κ3) is 3.55. The summed E-state index contributed by atoms with van der Waals surface area (Å²) in [4.78, 5) is 11.7. The molecule has 2 rings (SSSR count). The van der Waals surface area contributed by atoms with Gasteiger partial charge in [0.05, 0.1) is 4.90 Å². The second-order valence-corrected chi connectivity index (χ2v) is 6.16. The van der Waals surface area contributed by atoms with E-state index in [2.05, 4.69) is 20.3 Å². The lowest BCUT2D eigenvalue weighted by atomic mass is 10.3. The first-order valence-electron chi connectivity index (χ1n) is 5.46. The first kappa shape index (κ1) is 14.5. The van der Waals surface area contributed by atoms with Crippen molar-refractivity contribution in [2.75, 3.05) is 18.6 Å². The molecule has 0 amide bonds. The first-order chi connectivity index (χ1) is 9.38. The van der Waals surface area contributed by atoms with Crippen molar-refractivity contribution < 1.29 is 13.2 Å². The molecule has 2 aromatic rings. The molecule has 0 aliphatic rings. The van der Waals surface area contributed by atoms with Gasteiger partial charge in [-0.1, -0.05) is 6.07 Å². The molecule has 9 heteroatoms. The van der Waals surface area contributed by atoms with Crippen LogP contribution in [0.15, 0.2) is 29.2 Å². The van der Waals surface area contributed by atoms with Gasteiger partial charge in [-0.05, 0) is 29.8 Å². The fraction of sp³-hybridized carbons (Fsp3) is 0.182. The van der Waals surface area contributed by atoms with E-state index in [9.17, 15) is 8.42 Å². The molecule has 0 saturated heterocycles. The lowest BCUT2D eigenvalue weighted by molar-refractivity contribution is 0.439.